The summed E-state index contributed by atoms with van der Waals surface area (Å²) in [4.78, 5) is 22.2. The summed E-state index contributed by atoms with van der Waals surface area (Å²) in [5.74, 6) is 0.0243. The van der Waals surface area contributed by atoms with Gasteiger partial charge in [0.05, 0.1) is 36.1 Å². The SMILES string of the molecule is COc1ccccc1C(=O)NCCn1nc([N+](=O)[O-])cc1C. The molecule has 1 aromatic heterocycles. The van der Waals surface area contributed by atoms with E-state index in [0.717, 1.165) is 0 Å². The molecule has 0 spiro atoms. The van der Waals surface area contributed by atoms with Gasteiger partial charge in [0.25, 0.3) is 5.91 Å². The Bertz CT molecular complexity index is 696. The fourth-order valence-electron chi connectivity index (χ4n) is 2.01. The van der Waals surface area contributed by atoms with Crippen molar-refractivity contribution in [2.24, 2.45) is 0 Å². The van der Waals surface area contributed by atoms with Crippen LogP contribution in [0.5, 0.6) is 5.75 Å². The van der Waals surface area contributed by atoms with E-state index in [9.17, 15) is 14.9 Å². The largest absolute Gasteiger partial charge is 0.496 e. The summed E-state index contributed by atoms with van der Waals surface area (Å²) in [6.45, 7) is 2.37. The fraction of sp³-hybridized carbons (Fsp3) is 0.286. The molecular formula is C14H16N4O4. The van der Waals surface area contributed by atoms with Crippen LogP contribution in [0, 0.1) is 17.0 Å². The molecule has 116 valence electrons. The van der Waals surface area contributed by atoms with Crippen LogP contribution in [0.3, 0.4) is 0 Å². The molecule has 0 atom stereocenters. The summed E-state index contributed by atoms with van der Waals surface area (Å²) in [5, 5.41) is 17.2. The van der Waals surface area contributed by atoms with E-state index in [1.807, 2.05) is 0 Å². The molecule has 0 unspecified atom stereocenters. The lowest BCUT2D eigenvalue weighted by Gasteiger charge is -2.08. The van der Waals surface area contributed by atoms with Crippen molar-refractivity contribution in [3.05, 3.63) is 51.7 Å². The molecule has 0 bridgehead atoms. The predicted octanol–water partition coefficient (Wildman–Crippen LogP) is 1.54. The maximum atomic E-state index is 12.1. The quantitative estimate of drug-likeness (QED) is 0.644. The van der Waals surface area contributed by atoms with E-state index >= 15 is 0 Å². The lowest BCUT2D eigenvalue weighted by atomic mass is 10.2. The Morgan fingerprint density at radius 2 is 2.18 bits per heavy atom. The second-order valence-corrected chi connectivity index (χ2v) is 4.58. The molecule has 0 fully saturated rings. The molecule has 1 N–H and O–H groups in total. The van der Waals surface area contributed by atoms with Gasteiger partial charge in [0.1, 0.15) is 5.75 Å². The number of nitrogens with one attached hydrogen (secondary N) is 1. The molecule has 1 heterocycles. The second kappa shape index (κ2) is 6.70. The third kappa shape index (κ3) is 3.40. The van der Waals surface area contributed by atoms with Crippen molar-refractivity contribution in [2.45, 2.75) is 13.5 Å². The standard InChI is InChI=1S/C14H16N4O4/c1-10-9-13(18(20)21)16-17(10)8-7-15-14(19)11-5-3-4-6-12(11)22-2/h3-6,9H,7-8H2,1-2H3,(H,15,19). The Hall–Kier alpha value is -2.90. The maximum absolute atomic E-state index is 12.1. The minimum atomic E-state index is -0.545. The van der Waals surface area contributed by atoms with Crippen LogP contribution in [0.1, 0.15) is 16.1 Å². The zero-order valence-electron chi connectivity index (χ0n) is 12.3. The highest BCUT2D eigenvalue weighted by Gasteiger charge is 2.16. The van der Waals surface area contributed by atoms with Crippen LogP contribution in [0.25, 0.3) is 0 Å². The number of carbonyl (C=O) groups excluding carboxylic acids is 1. The van der Waals surface area contributed by atoms with Gasteiger partial charge in [-0.2, -0.15) is 4.68 Å². The molecular weight excluding hydrogens is 288 g/mol. The van der Waals surface area contributed by atoms with E-state index in [1.54, 1.807) is 31.2 Å². The Morgan fingerprint density at radius 1 is 1.45 bits per heavy atom. The Balaban J connectivity index is 1.96. The molecule has 1 aromatic carbocycles. The van der Waals surface area contributed by atoms with Gasteiger partial charge in [0.2, 0.25) is 0 Å². The first kappa shape index (κ1) is 15.5. The first-order chi connectivity index (χ1) is 10.5. The molecule has 22 heavy (non-hydrogen) atoms. The lowest BCUT2D eigenvalue weighted by Crippen LogP contribution is -2.28. The molecule has 0 saturated heterocycles. The molecule has 8 heteroatoms. The van der Waals surface area contributed by atoms with Crippen LogP contribution in [0.15, 0.2) is 30.3 Å². The number of para-hydroxylation sites is 1. The van der Waals surface area contributed by atoms with Crippen molar-refractivity contribution >= 4 is 11.7 Å². The van der Waals surface area contributed by atoms with Crippen LogP contribution in [0.4, 0.5) is 5.82 Å². The van der Waals surface area contributed by atoms with Crippen LogP contribution < -0.4 is 10.1 Å². The first-order valence-electron chi connectivity index (χ1n) is 6.63. The summed E-state index contributed by atoms with van der Waals surface area (Å²) in [6.07, 6.45) is 0. The van der Waals surface area contributed by atoms with Crippen LogP contribution in [0.2, 0.25) is 0 Å². The molecule has 1 amide bonds. The average Bonchev–Trinajstić information content (AvgIpc) is 2.88. The number of nitrogens with zero attached hydrogens (tertiary/aromatic N) is 3. The number of ether oxygens (including phenoxy) is 1. The Morgan fingerprint density at radius 3 is 2.82 bits per heavy atom. The van der Waals surface area contributed by atoms with Gasteiger partial charge in [-0.3, -0.25) is 4.79 Å². The molecule has 0 radical (unpaired) electrons. The zero-order valence-corrected chi connectivity index (χ0v) is 12.3. The highest BCUT2D eigenvalue weighted by atomic mass is 16.6. The van der Waals surface area contributed by atoms with E-state index in [2.05, 4.69) is 10.4 Å². The van der Waals surface area contributed by atoms with E-state index in [-0.39, 0.29) is 11.7 Å². The third-order valence-electron chi connectivity index (χ3n) is 3.12. The Kier molecular flexibility index (Phi) is 4.72. The van der Waals surface area contributed by atoms with Crippen molar-refractivity contribution < 1.29 is 14.5 Å². The first-order valence-corrected chi connectivity index (χ1v) is 6.63. The maximum Gasteiger partial charge on any atom is 0.390 e. The van der Waals surface area contributed by atoms with Gasteiger partial charge in [-0.05, 0) is 24.0 Å². The van der Waals surface area contributed by atoms with Gasteiger partial charge in [-0.15, -0.1) is 0 Å². The molecule has 0 aliphatic carbocycles. The molecule has 2 rings (SSSR count). The normalized spacial score (nSPS) is 10.3. The fourth-order valence-corrected chi connectivity index (χ4v) is 2.01. The molecule has 0 aliphatic rings. The van der Waals surface area contributed by atoms with Gasteiger partial charge in [0, 0.05) is 6.54 Å². The summed E-state index contributed by atoms with van der Waals surface area (Å²) in [7, 11) is 1.50. The summed E-state index contributed by atoms with van der Waals surface area (Å²) in [6, 6.07) is 8.29. The number of benzene rings is 1. The van der Waals surface area contributed by atoms with E-state index in [1.165, 1.54) is 17.9 Å². The summed E-state index contributed by atoms with van der Waals surface area (Å²) < 4.78 is 6.61. The number of methoxy groups -OCH3 is 1. The van der Waals surface area contributed by atoms with Crippen molar-refractivity contribution in [1.29, 1.82) is 0 Å². The highest BCUT2D eigenvalue weighted by molar-refractivity contribution is 5.96. The van der Waals surface area contributed by atoms with Crippen LogP contribution in [-0.4, -0.2) is 34.3 Å². The zero-order chi connectivity index (χ0) is 16.1. The van der Waals surface area contributed by atoms with Crippen LogP contribution in [-0.2, 0) is 6.54 Å². The van der Waals surface area contributed by atoms with Crippen molar-refractivity contribution in [1.82, 2.24) is 15.1 Å². The van der Waals surface area contributed by atoms with Gasteiger partial charge in [-0.25, -0.2) is 0 Å². The molecule has 0 aliphatic heterocycles. The monoisotopic (exact) mass is 304 g/mol. The minimum Gasteiger partial charge on any atom is -0.496 e. The number of hydrogen-bond donors (Lipinski definition) is 1. The average molecular weight is 304 g/mol. The number of aryl methyl sites for hydroxylation is 1. The van der Waals surface area contributed by atoms with Crippen LogP contribution >= 0.6 is 0 Å². The number of carbonyl (C=O) groups is 1. The highest BCUT2D eigenvalue weighted by Crippen LogP contribution is 2.16. The minimum absolute atomic E-state index is 0.200. The van der Waals surface area contributed by atoms with Crippen molar-refractivity contribution in [3.63, 3.8) is 0 Å². The van der Waals surface area contributed by atoms with Gasteiger partial charge >= 0.3 is 5.82 Å². The van der Waals surface area contributed by atoms with E-state index in [0.29, 0.717) is 30.1 Å². The van der Waals surface area contributed by atoms with Crippen molar-refractivity contribution in [2.75, 3.05) is 13.7 Å². The number of amides is 1. The van der Waals surface area contributed by atoms with Gasteiger partial charge < -0.3 is 20.2 Å². The third-order valence-corrected chi connectivity index (χ3v) is 3.12. The molecule has 0 saturated carbocycles. The number of nitro groups is 1. The molecule has 2 aromatic rings. The smallest absolute Gasteiger partial charge is 0.390 e. The lowest BCUT2D eigenvalue weighted by molar-refractivity contribution is -0.389. The summed E-state index contributed by atoms with van der Waals surface area (Å²) >= 11 is 0. The topological polar surface area (TPSA) is 99.3 Å². The van der Waals surface area contributed by atoms with Crippen molar-refractivity contribution in [3.8, 4) is 5.75 Å². The van der Waals surface area contributed by atoms with Gasteiger partial charge in [0.15, 0.2) is 0 Å². The number of hydrogen-bond acceptors (Lipinski definition) is 5. The van der Waals surface area contributed by atoms with E-state index in [4.69, 9.17) is 4.74 Å². The summed E-state index contributed by atoms with van der Waals surface area (Å²) in [5.41, 5.74) is 1.10. The number of rotatable bonds is 6. The van der Waals surface area contributed by atoms with E-state index < -0.39 is 4.92 Å². The second-order valence-electron chi connectivity index (χ2n) is 4.58. The Labute approximate surface area is 126 Å². The number of aromatic nitrogens is 2. The molecule has 8 nitrogen and oxygen atoms in total. The predicted molar refractivity (Wildman–Crippen MR) is 78.9 cm³/mol. The van der Waals surface area contributed by atoms with Gasteiger partial charge in [-0.1, -0.05) is 12.1 Å².